The second kappa shape index (κ2) is 8.70. The molecule has 33 heavy (non-hydrogen) atoms. The highest BCUT2D eigenvalue weighted by molar-refractivity contribution is 6.44. The van der Waals surface area contributed by atoms with Gasteiger partial charge in [0.2, 0.25) is 0 Å². The van der Waals surface area contributed by atoms with Crippen molar-refractivity contribution in [3.05, 3.63) is 64.5 Å². The summed E-state index contributed by atoms with van der Waals surface area (Å²) in [5.74, 6) is 1.30. The lowest BCUT2D eigenvalue weighted by molar-refractivity contribution is -0.428. The highest BCUT2D eigenvalue weighted by Crippen LogP contribution is 2.41. The maximum atomic E-state index is 13.5. The van der Waals surface area contributed by atoms with Crippen molar-refractivity contribution < 1.29 is 24.6 Å². The third kappa shape index (κ3) is 4.09. The SMILES string of the molecule is CNC(=CN[NH3+])C1(NC(=O)C(=O)c2c(C)c(C(=O)Nc3cccc(F)c3)n3c2CCC3)CC1. The van der Waals surface area contributed by atoms with Gasteiger partial charge in [-0.1, -0.05) is 6.07 Å². The van der Waals surface area contributed by atoms with Crippen LogP contribution in [0, 0.1) is 12.7 Å². The average Bonchev–Trinajstić information content (AvgIpc) is 3.30. The van der Waals surface area contributed by atoms with Crippen LogP contribution in [0.5, 0.6) is 0 Å². The molecule has 0 radical (unpaired) electrons. The van der Waals surface area contributed by atoms with E-state index in [1.807, 2.05) is 0 Å². The van der Waals surface area contributed by atoms with Crippen LogP contribution in [-0.4, -0.2) is 34.8 Å². The van der Waals surface area contributed by atoms with Crippen molar-refractivity contribution in [1.29, 1.82) is 0 Å². The molecule has 0 unspecified atom stereocenters. The van der Waals surface area contributed by atoms with Crippen LogP contribution in [-0.2, 0) is 17.8 Å². The Labute approximate surface area is 190 Å². The number of nitrogens with zero attached hydrogens (tertiary/aromatic N) is 1. The van der Waals surface area contributed by atoms with Crippen molar-refractivity contribution in [3.8, 4) is 0 Å². The number of Topliss-reactive ketones (excluding diaryl/α,β-unsaturated/α-hetero) is 1. The van der Waals surface area contributed by atoms with Crippen LogP contribution in [0.15, 0.2) is 36.2 Å². The second-order valence-electron chi connectivity index (χ2n) is 8.39. The molecule has 2 amide bonds. The van der Waals surface area contributed by atoms with Gasteiger partial charge in [-0.15, -0.1) is 0 Å². The third-order valence-electron chi connectivity index (χ3n) is 6.27. The van der Waals surface area contributed by atoms with E-state index in [9.17, 15) is 18.8 Å². The standard InChI is InChI=1S/C23H27FN6O3/c1-13-18(20(31)22(33)29-23(8-9-23)17(26-2)12-27-25)16-7-4-10-30(16)19(13)21(32)28-15-6-3-5-14(24)11-15/h3,5-6,11-12,26-27H,4,7-10,25H2,1-2H3,(H,28,32)(H,29,33)/p+1. The number of benzene rings is 1. The smallest absolute Gasteiger partial charge is 0.293 e. The Morgan fingerprint density at radius 3 is 2.64 bits per heavy atom. The molecule has 0 atom stereocenters. The molecule has 7 N–H and O–H groups in total. The summed E-state index contributed by atoms with van der Waals surface area (Å²) in [6, 6.07) is 5.61. The van der Waals surface area contributed by atoms with E-state index >= 15 is 0 Å². The van der Waals surface area contributed by atoms with Crippen LogP contribution in [0.4, 0.5) is 10.1 Å². The summed E-state index contributed by atoms with van der Waals surface area (Å²) < 4.78 is 15.3. The minimum Gasteiger partial charge on any atom is -0.388 e. The number of aromatic nitrogens is 1. The monoisotopic (exact) mass is 455 g/mol. The number of carbonyl (C=O) groups is 3. The van der Waals surface area contributed by atoms with Crippen LogP contribution < -0.4 is 27.2 Å². The van der Waals surface area contributed by atoms with Crippen molar-refractivity contribution in [2.45, 2.75) is 44.7 Å². The minimum atomic E-state index is -0.710. The van der Waals surface area contributed by atoms with E-state index in [-0.39, 0.29) is 5.56 Å². The molecule has 0 spiro atoms. The van der Waals surface area contributed by atoms with Gasteiger partial charge in [-0.05, 0) is 56.4 Å². The number of quaternary nitrogens is 1. The molecule has 10 heteroatoms. The topological polar surface area (TPSA) is 132 Å². The minimum absolute atomic E-state index is 0.274. The number of anilines is 1. The normalized spacial score (nSPS) is 16.1. The lowest BCUT2D eigenvalue weighted by atomic mass is 10.0. The molecule has 1 aromatic carbocycles. The predicted molar refractivity (Wildman–Crippen MR) is 119 cm³/mol. The number of halogens is 1. The van der Waals surface area contributed by atoms with Crippen LogP contribution in [0.25, 0.3) is 0 Å². The molecule has 1 aliphatic heterocycles. The molecule has 1 saturated carbocycles. The van der Waals surface area contributed by atoms with Gasteiger partial charge in [0.15, 0.2) is 0 Å². The van der Waals surface area contributed by atoms with Gasteiger partial charge in [0, 0.05) is 25.0 Å². The number of ketones is 1. The van der Waals surface area contributed by atoms with Crippen molar-refractivity contribution in [3.63, 3.8) is 0 Å². The fraction of sp³-hybridized carbons (Fsp3) is 0.348. The molecule has 1 aliphatic carbocycles. The first-order valence-electron chi connectivity index (χ1n) is 10.9. The lowest BCUT2D eigenvalue weighted by Crippen LogP contribution is -2.62. The van der Waals surface area contributed by atoms with Gasteiger partial charge < -0.3 is 20.5 Å². The fourth-order valence-electron chi connectivity index (χ4n) is 4.60. The molecule has 0 bridgehead atoms. The number of carbonyl (C=O) groups excluding carboxylic acids is 3. The van der Waals surface area contributed by atoms with Crippen molar-refractivity contribution >= 4 is 23.3 Å². The first-order valence-corrected chi connectivity index (χ1v) is 10.9. The zero-order valence-electron chi connectivity index (χ0n) is 18.7. The van der Waals surface area contributed by atoms with Gasteiger partial charge in [0.05, 0.1) is 23.0 Å². The van der Waals surface area contributed by atoms with Gasteiger partial charge >= 0.3 is 0 Å². The third-order valence-corrected chi connectivity index (χ3v) is 6.27. The quantitative estimate of drug-likeness (QED) is 0.228. The first-order chi connectivity index (χ1) is 15.8. The number of hydrogen-bond acceptors (Lipinski definition) is 5. The number of rotatable bonds is 8. The zero-order chi connectivity index (χ0) is 23.8. The molecule has 1 fully saturated rings. The number of fused-ring (bicyclic) bond motifs is 1. The van der Waals surface area contributed by atoms with Crippen molar-refractivity contribution in [1.82, 2.24) is 20.6 Å². The van der Waals surface area contributed by atoms with E-state index in [2.05, 4.69) is 27.2 Å². The van der Waals surface area contributed by atoms with E-state index in [4.69, 9.17) is 0 Å². The van der Waals surface area contributed by atoms with Crippen LogP contribution in [0.2, 0.25) is 0 Å². The molecule has 2 heterocycles. The first kappa shape index (κ1) is 22.5. The summed E-state index contributed by atoms with van der Waals surface area (Å²) in [6.45, 7) is 2.24. The molecular weight excluding hydrogens is 427 g/mol. The van der Waals surface area contributed by atoms with Crippen molar-refractivity contribution in [2.24, 2.45) is 0 Å². The summed E-state index contributed by atoms with van der Waals surface area (Å²) >= 11 is 0. The molecule has 174 valence electrons. The van der Waals surface area contributed by atoms with Gasteiger partial charge in [0.1, 0.15) is 11.5 Å². The highest BCUT2D eigenvalue weighted by atomic mass is 19.1. The molecule has 2 aromatic rings. The summed E-state index contributed by atoms with van der Waals surface area (Å²) in [6.07, 6.45) is 4.43. The van der Waals surface area contributed by atoms with Gasteiger partial charge in [-0.2, -0.15) is 0 Å². The Bertz CT molecular complexity index is 1170. The molecule has 4 rings (SSSR count). The Hall–Kier alpha value is -3.66. The average molecular weight is 456 g/mol. The number of amides is 2. The van der Waals surface area contributed by atoms with Gasteiger partial charge in [-0.3, -0.25) is 20.2 Å². The lowest BCUT2D eigenvalue weighted by Gasteiger charge is -2.20. The number of hydrogen-bond donors (Lipinski definition) is 5. The van der Waals surface area contributed by atoms with E-state index in [1.165, 1.54) is 18.2 Å². The van der Waals surface area contributed by atoms with E-state index < -0.39 is 29.0 Å². The maximum Gasteiger partial charge on any atom is 0.293 e. The molecule has 9 nitrogen and oxygen atoms in total. The largest absolute Gasteiger partial charge is 0.388 e. The van der Waals surface area contributed by atoms with Crippen LogP contribution in [0.1, 0.15) is 51.4 Å². The Morgan fingerprint density at radius 1 is 1.24 bits per heavy atom. The van der Waals surface area contributed by atoms with Crippen LogP contribution >= 0.6 is 0 Å². The Balaban J connectivity index is 1.61. The summed E-state index contributed by atoms with van der Waals surface area (Å²) in [4.78, 5) is 39.3. The van der Waals surface area contributed by atoms with Gasteiger partial charge in [-0.25, -0.2) is 9.82 Å². The Kier molecular flexibility index (Phi) is 5.94. The van der Waals surface area contributed by atoms with E-state index in [1.54, 1.807) is 30.8 Å². The zero-order valence-corrected chi connectivity index (χ0v) is 18.7. The molecule has 1 aromatic heterocycles. The molecular formula is C23H28FN6O3+. The summed E-state index contributed by atoms with van der Waals surface area (Å²) in [5.41, 5.74) is 4.87. The highest BCUT2D eigenvalue weighted by Gasteiger charge is 2.49. The van der Waals surface area contributed by atoms with Crippen LogP contribution in [0.3, 0.4) is 0 Å². The fourth-order valence-corrected chi connectivity index (χ4v) is 4.60. The number of likely N-dealkylation sites (N-methyl/N-ethyl adjacent to an activating group) is 1. The molecule has 0 saturated heterocycles. The van der Waals surface area contributed by atoms with E-state index in [0.29, 0.717) is 48.4 Å². The van der Waals surface area contributed by atoms with Crippen molar-refractivity contribution in [2.75, 3.05) is 12.4 Å². The van der Waals surface area contributed by atoms with E-state index in [0.717, 1.165) is 12.1 Å². The Morgan fingerprint density at radius 2 is 2.00 bits per heavy atom. The number of nitrogens with one attached hydrogen (secondary N) is 4. The second-order valence-corrected chi connectivity index (χ2v) is 8.39. The molecule has 2 aliphatic rings. The van der Waals surface area contributed by atoms with Gasteiger partial charge in [0.25, 0.3) is 17.6 Å². The maximum absolute atomic E-state index is 13.5. The summed E-state index contributed by atoms with van der Waals surface area (Å²) in [7, 11) is 1.74. The summed E-state index contributed by atoms with van der Waals surface area (Å²) in [5, 5.41) is 8.60. The predicted octanol–water partition coefficient (Wildman–Crippen LogP) is 0.773.